The van der Waals surface area contributed by atoms with Crippen LogP contribution in [0.25, 0.3) is 0 Å². The summed E-state index contributed by atoms with van der Waals surface area (Å²) in [5.41, 5.74) is 1.65. The maximum Gasteiger partial charge on any atom is 0.263 e. The predicted molar refractivity (Wildman–Crippen MR) is 107 cm³/mol. The lowest BCUT2D eigenvalue weighted by Gasteiger charge is -2.12. The smallest absolute Gasteiger partial charge is 0.263 e. The van der Waals surface area contributed by atoms with E-state index in [1.165, 1.54) is 29.7 Å². The van der Waals surface area contributed by atoms with E-state index in [9.17, 15) is 13.2 Å². The molecular formula is C19H19N3O3S2. The molecule has 0 aliphatic carbocycles. The van der Waals surface area contributed by atoms with E-state index in [2.05, 4.69) is 15.0 Å². The molecule has 3 aromatic rings. The van der Waals surface area contributed by atoms with Gasteiger partial charge in [0.15, 0.2) is 5.13 Å². The van der Waals surface area contributed by atoms with Gasteiger partial charge in [-0.15, -0.1) is 11.3 Å². The fourth-order valence-corrected chi connectivity index (χ4v) is 4.34. The Morgan fingerprint density at radius 3 is 2.44 bits per heavy atom. The predicted octanol–water partition coefficient (Wildman–Crippen LogP) is 4.08. The minimum atomic E-state index is -3.70. The number of hydrogen-bond acceptors (Lipinski definition) is 5. The zero-order valence-corrected chi connectivity index (χ0v) is 16.3. The molecule has 1 unspecified atom stereocenters. The number of nitrogens with one attached hydrogen (secondary N) is 2. The number of sulfonamides is 1. The molecule has 0 radical (unpaired) electrons. The molecule has 1 atom stereocenters. The summed E-state index contributed by atoms with van der Waals surface area (Å²) in [5.74, 6) is -0.0313. The number of benzene rings is 2. The third-order valence-electron chi connectivity index (χ3n) is 3.96. The van der Waals surface area contributed by atoms with Gasteiger partial charge in [-0.3, -0.25) is 9.52 Å². The van der Waals surface area contributed by atoms with E-state index < -0.39 is 10.0 Å². The number of carbonyl (C=O) groups excluding carboxylic acids is 1. The van der Waals surface area contributed by atoms with Gasteiger partial charge in [-0.2, -0.15) is 0 Å². The summed E-state index contributed by atoms with van der Waals surface area (Å²) < 4.78 is 27.0. The molecule has 0 spiro atoms. The highest BCUT2D eigenvalue weighted by Gasteiger charge is 2.16. The van der Waals surface area contributed by atoms with Crippen LogP contribution in [0, 0.1) is 0 Å². The highest BCUT2D eigenvalue weighted by molar-refractivity contribution is 7.93. The number of hydrogen-bond donors (Lipinski definition) is 2. The van der Waals surface area contributed by atoms with Crippen LogP contribution in [0.4, 0.5) is 10.8 Å². The van der Waals surface area contributed by atoms with Gasteiger partial charge in [-0.1, -0.05) is 37.3 Å². The van der Waals surface area contributed by atoms with Gasteiger partial charge in [0.05, 0.1) is 4.90 Å². The van der Waals surface area contributed by atoms with Gasteiger partial charge in [0.2, 0.25) is 5.91 Å². The maximum atomic E-state index is 12.3. The van der Waals surface area contributed by atoms with Crippen LogP contribution in [0.1, 0.15) is 24.8 Å². The molecule has 1 aromatic heterocycles. The average molecular weight is 402 g/mol. The minimum absolute atomic E-state index is 0.0911. The Labute approximate surface area is 162 Å². The zero-order chi connectivity index (χ0) is 19.3. The van der Waals surface area contributed by atoms with Crippen molar-refractivity contribution in [1.82, 2.24) is 4.98 Å². The van der Waals surface area contributed by atoms with Crippen LogP contribution in [0.15, 0.2) is 71.1 Å². The van der Waals surface area contributed by atoms with Crippen LogP contribution in [-0.4, -0.2) is 19.3 Å². The van der Waals surface area contributed by atoms with E-state index in [0.29, 0.717) is 17.2 Å². The molecule has 1 heterocycles. The molecule has 0 aliphatic heterocycles. The standard InChI is InChI=1S/C19H19N3O3S2/c1-14(15-5-3-2-4-6-15)13-18(23)21-16-7-9-17(10-8-16)27(24,25)22-19-20-11-12-26-19/h2-12,14H,13H2,1H3,(H,20,22)(H,21,23). The molecule has 0 fully saturated rings. The molecule has 0 bridgehead atoms. The Bertz CT molecular complexity index is 986. The molecule has 27 heavy (non-hydrogen) atoms. The summed E-state index contributed by atoms with van der Waals surface area (Å²) in [5, 5.41) is 4.80. The van der Waals surface area contributed by atoms with E-state index in [1.54, 1.807) is 17.5 Å². The van der Waals surface area contributed by atoms with E-state index >= 15 is 0 Å². The monoisotopic (exact) mass is 401 g/mol. The van der Waals surface area contributed by atoms with Crippen molar-refractivity contribution in [3.63, 3.8) is 0 Å². The van der Waals surface area contributed by atoms with Crippen LogP contribution in [0.3, 0.4) is 0 Å². The summed E-state index contributed by atoms with van der Waals surface area (Å²) in [6.45, 7) is 1.99. The van der Waals surface area contributed by atoms with Gasteiger partial charge in [-0.25, -0.2) is 13.4 Å². The molecule has 6 nitrogen and oxygen atoms in total. The Kier molecular flexibility index (Phi) is 5.88. The first kappa shape index (κ1) is 19.1. The van der Waals surface area contributed by atoms with Gasteiger partial charge < -0.3 is 5.32 Å². The number of thiazole rings is 1. The summed E-state index contributed by atoms with van der Waals surface area (Å²) >= 11 is 1.20. The van der Waals surface area contributed by atoms with E-state index in [1.807, 2.05) is 37.3 Å². The summed E-state index contributed by atoms with van der Waals surface area (Å²) in [6.07, 6.45) is 1.87. The fourth-order valence-electron chi connectivity index (χ4n) is 2.55. The van der Waals surface area contributed by atoms with Gasteiger partial charge in [0.1, 0.15) is 0 Å². The molecule has 0 saturated heterocycles. The Balaban J connectivity index is 1.61. The first-order valence-corrected chi connectivity index (χ1v) is 10.7. The highest BCUT2D eigenvalue weighted by atomic mass is 32.2. The fraction of sp³-hybridized carbons (Fsp3) is 0.158. The summed E-state index contributed by atoms with van der Waals surface area (Å²) in [7, 11) is -3.70. The quantitative estimate of drug-likeness (QED) is 0.624. The van der Waals surface area contributed by atoms with Crippen molar-refractivity contribution in [2.75, 3.05) is 10.0 Å². The average Bonchev–Trinajstić information content (AvgIpc) is 3.15. The molecule has 2 aromatic carbocycles. The van der Waals surface area contributed by atoms with Gasteiger partial charge in [0, 0.05) is 23.7 Å². The largest absolute Gasteiger partial charge is 0.326 e. The van der Waals surface area contributed by atoms with Gasteiger partial charge in [-0.05, 0) is 35.7 Å². The molecule has 8 heteroatoms. The molecular weight excluding hydrogens is 382 g/mol. The Morgan fingerprint density at radius 1 is 1.11 bits per heavy atom. The highest BCUT2D eigenvalue weighted by Crippen LogP contribution is 2.21. The van der Waals surface area contributed by atoms with Crippen molar-refractivity contribution in [3.05, 3.63) is 71.7 Å². The Hall–Kier alpha value is -2.71. The van der Waals surface area contributed by atoms with Crippen LogP contribution in [0.2, 0.25) is 0 Å². The normalized spacial score (nSPS) is 12.3. The maximum absolute atomic E-state index is 12.3. The second-order valence-corrected chi connectivity index (χ2v) is 8.61. The molecule has 2 N–H and O–H groups in total. The van der Waals surface area contributed by atoms with E-state index in [0.717, 1.165) is 5.56 Å². The van der Waals surface area contributed by atoms with Crippen molar-refractivity contribution in [2.24, 2.45) is 0 Å². The van der Waals surface area contributed by atoms with Crippen molar-refractivity contribution >= 4 is 38.1 Å². The van der Waals surface area contributed by atoms with Crippen molar-refractivity contribution in [2.45, 2.75) is 24.2 Å². The number of nitrogens with zero attached hydrogens (tertiary/aromatic N) is 1. The lowest BCUT2D eigenvalue weighted by atomic mass is 9.97. The number of amides is 1. The van der Waals surface area contributed by atoms with Gasteiger partial charge in [0.25, 0.3) is 10.0 Å². The molecule has 3 rings (SSSR count). The molecule has 0 saturated carbocycles. The van der Waals surface area contributed by atoms with Crippen LogP contribution in [-0.2, 0) is 14.8 Å². The van der Waals surface area contributed by atoms with Crippen molar-refractivity contribution in [3.8, 4) is 0 Å². The number of aromatic nitrogens is 1. The number of rotatable bonds is 7. The topological polar surface area (TPSA) is 88.2 Å². The van der Waals surface area contributed by atoms with Crippen molar-refractivity contribution < 1.29 is 13.2 Å². The second-order valence-electron chi connectivity index (χ2n) is 6.03. The molecule has 140 valence electrons. The van der Waals surface area contributed by atoms with Crippen molar-refractivity contribution in [1.29, 1.82) is 0 Å². The van der Waals surface area contributed by atoms with E-state index in [4.69, 9.17) is 0 Å². The lowest BCUT2D eigenvalue weighted by Crippen LogP contribution is -2.15. The first-order chi connectivity index (χ1) is 12.9. The van der Waals surface area contributed by atoms with Crippen LogP contribution < -0.4 is 10.0 Å². The summed E-state index contributed by atoms with van der Waals surface area (Å²) in [4.78, 5) is 16.3. The molecule has 1 amide bonds. The van der Waals surface area contributed by atoms with Crippen LogP contribution >= 0.6 is 11.3 Å². The van der Waals surface area contributed by atoms with Crippen LogP contribution in [0.5, 0.6) is 0 Å². The van der Waals surface area contributed by atoms with Gasteiger partial charge >= 0.3 is 0 Å². The SMILES string of the molecule is CC(CC(=O)Nc1ccc(S(=O)(=O)Nc2nccs2)cc1)c1ccccc1. The zero-order valence-electron chi connectivity index (χ0n) is 14.6. The molecule has 0 aliphatic rings. The second kappa shape index (κ2) is 8.32. The number of carbonyl (C=O) groups is 1. The summed E-state index contributed by atoms with van der Waals surface area (Å²) in [6, 6.07) is 15.9. The number of anilines is 2. The third kappa shape index (κ3) is 5.15. The van der Waals surface area contributed by atoms with E-state index in [-0.39, 0.29) is 16.7 Å². The Morgan fingerprint density at radius 2 is 1.81 bits per heavy atom. The minimum Gasteiger partial charge on any atom is -0.326 e. The lowest BCUT2D eigenvalue weighted by molar-refractivity contribution is -0.116. The third-order valence-corrected chi connectivity index (χ3v) is 6.14. The first-order valence-electron chi connectivity index (χ1n) is 8.31.